The topological polar surface area (TPSA) is 58.0 Å². The number of anilines is 1. The highest BCUT2D eigenvalue weighted by Crippen LogP contribution is 2.30. The number of carbonyl (C=O) groups is 1. The normalized spacial score (nSPS) is 10.8. The van der Waals surface area contributed by atoms with Gasteiger partial charge in [0.15, 0.2) is 5.58 Å². The molecule has 0 unspecified atom stereocenters. The molecule has 0 spiro atoms. The van der Waals surface area contributed by atoms with Gasteiger partial charge in [0, 0.05) is 12.1 Å². The number of halogens is 2. The maximum absolute atomic E-state index is 12.1. The van der Waals surface area contributed by atoms with E-state index in [0.717, 1.165) is 5.52 Å². The Morgan fingerprint density at radius 3 is 2.89 bits per heavy atom. The Hall–Kier alpha value is -1.91. The minimum atomic E-state index is -0.310. The summed E-state index contributed by atoms with van der Waals surface area (Å²) >= 11 is 11.9. The van der Waals surface area contributed by atoms with Gasteiger partial charge in [0.25, 0.3) is 5.91 Å². The van der Waals surface area contributed by atoms with Gasteiger partial charge in [0.2, 0.25) is 0 Å². The van der Waals surface area contributed by atoms with Gasteiger partial charge in [-0.3, -0.25) is 4.79 Å². The largest absolute Gasteiger partial charge is 0.463 e. The zero-order valence-corrected chi connectivity index (χ0v) is 11.0. The van der Waals surface area contributed by atoms with E-state index in [4.69, 9.17) is 27.6 Å². The molecule has 0 bridgehead atoms. The van der Waals surface area contributed by atoms with Crippen molar-refractivity contribution in [2.24, 2.45) is 0 Å². The van der Waals surface area contributed by atoms with Gasteiger partial charge >= 0.3 is 0 Å². The third kappa shape index (κ3) is 2.20. The maximum Gasteiger partial charge on any atom is 0.272 e. The predicted molar refractivity (Wildman–Crippen MR) is 75.0 cm³/mol. The number of rotatable bonds is 2. The van der Waals surface area contributed by atoms with Crippen molar-refractivity contribution in [2.45, 2.75) is 0 Å². The Morgan fingerprint density at radius 2 is 2.11 bits per heavy atom. The van der Waals surface area contributed by atoms with Crippen molar-refractivity contribution in [3.8, 4) is 0 Å². The Balaban J connectivity index is 1.89. The molecule has 2 N–H and O–H groups in total. The monoisotopic (exact) mass is 294 g/mol. The molecule has 0 aliphatic carbocycles. The van der Waals surface area contributed by atoms with Gasteiger partial charge in [0.05, 0.1) is 27.5 Å². The summed E-state index contributed by atoms with van der Waals surface area (Å²) in [5, 5.41) is 3.39. The van der Waals surface area contributed by atoms with E-state index in [2.05, 4.69) is 10.3 Å². The van der Waals surface area contributed by atoms with Crippen molar-refractivity contribution in [2.75, 3.05) is 5.32 Å². The van der Waals surface area contributed by atoms with Crippen LogP contribution in [0.5, 0.6) is 0 Å². The molecule has 0 radical (unpaired) electrons. The van der Waals surface area contributed by atoms with E-state index < -0.39 is 0 Å². The number of hydrogen-bond donors (Lipinski definition) is 2. The van der Waals surface area contributed by atoms with Crippen molar-refractivity contribution in [3.05, 3.63) is 52.3 Å². The van der Waals surface area contributed by atoms with Gasteiger partial charge in [-0.05, 0) is 12.1 Å². The Kier molecular flexibility index (Phi) is 2.97. The lowest BCUT2D eigenvalue weighted by Gasteiger charge is -2.06. The van der Waals surface area contributed by atoms with Crippen LogP contribution in [0.3, 0.4) is 0 Å². The number of H-pyrrole nitrogens is 1. The molecular weight excluding hydrogens is 287 g/mol. The fraction of sp³-hybridized carbons (Fsp3) is 0. The predicted octanol–water partition coefficient (Wildman–Crippen LogP) is 4.32. The molecule has 19 heavy (non-hydrogen) atoms. The number of aromatic amines is 1. The maximum atomic E-state index is 12.1. The minimum Gasteiger partial charge on any atom is -0.463 e. The molecule has 96 valence electrons. The molecule has 2 aromatic heterocycles. The average molecular weight is 295 g/mol. The average Bonchev–Trinajstić information content (AvgIpc) is 2.95. The van der Waals surface area contributed by atoms with Crippen molar-refractivity contribution >= 4 is 45.9 Å². The molecular formula is C13H8Cl2N2O2. The smallest absolute Gasteiger partial charge is 0.272 e. The second-order valence-corrected chi connectivity index (χ2v) is 4.72. The van der Waals surface area contributed by atoms with E-state index in [9.17, 15) is 4.79 Å². The summed E-state index contributed by atoms with van der Waals surface area (Å²) in [7, 11) is 0. The summed E-state index contributed by atoms with van der Waals surface area (Å²) in [5.41, 5.74) is 2.25. The molecule has 0 saturated heterocycles. The third-order valence-corrected chi connectivity index (χ3v) is 3.50. The molecule has 0 aliphatic heterocycles. The molecule has 0 aliphatic rings. The molecule has 0 fully saturated rings. The molecule has 0 atom stereocenters. The first kappa shape index (κ1) is 12.1. The zero-order chi connectivity index (χ0) is 13.4. The molecule has 3 rings (SSSR count). The molecule has 4 nitrogen and oxygen atoms in total. The van der Waals surface area contributed by atoms with Crippen LogP contribution in [-0.4, -0.2) is 10.9 Å². The standard InChI is InChI=1S/C13H8Cl2N2O2/c14-7-2-1-3-9(12(7)15)17-13(18)10-6-11-8(16-10)4-5-19-11/h1-6,16H,(H,17,18). The highest BCUT2D eigenvalue weighted by molar-refractivity contribution is 6.44. The summed E-state index contributed by atoms with van der Waals surface area (Å²) in [6, 6.07) is 8.42. The third-order valence-electron chi connectivity index (χ3n) is 2.68. The van der Waals surface area contributed by atoms with Gasteiger partial charge < -0.3 is 14.7 Å². The Labute approximate surface area is 118 Å². The van der Waals surface area contributed by atoms with Gasteiger partial charge in [0.1, 0.15) is 5.69 Å². The van der Waals surface area contributed by atoms with Crippen LogP contribution in [0.1, 0.15) is 10.5 Å². The van der Waals surface area contributed by atoms with Crippen LogP contribution < -0.4 is 5.32 Å². The number of hydrogen-bond acceptors (Lipinski definition) is 2. The van der Waals surface area contributed by atoms with Gasteiger partial charge in [-0.25, -0.2) is 0 Å². The van der Waals surface area contributed by atoms with Crippen LogP contribution in [0, 0.1) is 0 Å². The van der Waals surface area contributed by atoms with Crippen LogP contribution in [0.4, 0.5) is 5.69 Å². The van der Waals surface area contributed by atoms with E-state index in [1.54, 1.807) is 36.6 Å². The second kappa shape index (κ2) is 4.64. The number of furan rings is 1. The minimum absolute atomic E-state index is 0.310. The Bertz CT molecular complexity index is 732. The number of carbonyl (C=O) groups excluding carboxylic acids is 1. The molecule has 0 saturated carbocycles. The lowest BCUT2D eigenvalue weighted by molar-refractivity contribution is 0.102. The van der Waals surface area contributed by atoms with Crippen molar-refractivity contribution in [3.63, 3.8) is 0 Å². The first-order valence-electron chi connectivity index (χ1n) is 5.47. The fourth-order valence-electron chi connectivity index (χ4n) is 1.76. The van der Waals surface area contributed by atoms with E-state index in [0.29, 0.717) is 27.0 Å². The van der Waals surface area contributed by atoms with E-state index in [1.807, 2.05) is 0 Å². The van der Waals surface area contributed by atoms with Crippen LogP contribution >= 0.6 is 23.2 Å². The highest BCUT2D eigenvalue weighted by atomic mass is 35.5. The van der Waals surface area contributed by atoms with Gasteiger partial charge in [-0.2, -0.15) is 0 Å². The van der Waals surface area contributed by atoms with Gasteiger partial charge in [-0.15, -0.1) is 0 Å². The molecule has 1 amide bonds. The van der Waals surface area contributed by atoms with Gasteiger partial charge in [-0.1, -0.05) is 29.3 Å². The lowest BCUT2D eigenvalue weighted by atomic mass is 10.3. The second-order valence-electron chi connectivity index (χ2n) is 3.94. The summed E-state index contributed by atoms with van der Waals surface area (Å²) in [6.45, 7) is 0. The van der Waals surface area contributed by atoms with Crippen LogP contribution in [-0.2, 0) is 0 Å². The first-order valence-corrected chi connectivity index (χ1v) is 6.22. The van der Waals surface area contributed by atoms with Crippen LogP contribution in [0.2, 0.25) is 10.0 Å². The number of fused-ring (bicyclic) bond motifs is 1. The molecule has 1 aromatic carbocycles. The van der Waals surface area contributed by atoms with Crippen molar-refractivity contribution in [1.82, 2.24) is 4.98 Å². The highest BCUT2D eigenvalue weighted by Gasteiger charge is 2.13. The summed E-state index contributed by atoms with van der Waals surface area (Å²) in [5.74, 6) is -0.310. The molecule has 3 aromatic rings. The fourth-order valence-corrected chi connectivity index (χ4v) is 2.11. The zero-order valence-electron chi connectivity index (χ0n) is 9.54. The number of amides is 1. The number of nitrogens with one attached hydrogen (secondary N) is 2. The van der Waals surface area contributed by atoms with Crippen LogP contribution in [0.15, 0.2) is 41.0 Å². The summed E-state index contributed by atoms with van der Waals surface area (Å²) in [4.78, 5) is 15.0. The van der Waals surface area contributed by atoms with Crippen LogP contribution in [0.25, 0.3) is 11.1 Å². The molecule has 6 heteroatoms. The van der Waals surface area contributed by atoms with Crippen molar-refractivity contribution < 1.29 is 9.21 Å². The number of aromatic nitrogens is 1. The van der Waals surface area contributed by atoms with E-state index in [-0.39, 0.29) is 5.91 Å². The lowest BCUT2D eigenvalue weighted by Crippen LogP contribution is -2.12. The Morgan fingerprint density at radius 1 is 1.26 bits per heavy atom. The SMILES string of the molecule is O=C(Nc1cccc(Cl)c1Cl)c1cc2occc2[nH]1. The van der Waals surface area contributed by atoms with E-state index in [1.165, 1.54) is 0 Å². The summed E-state index contributed by atoms with van der Waals surface area (Å²) in [6.07, 6.45) is 1.55. The van der Waals surface area contributed by atoms with Crippen molar-refractivity contribution in [1.29, 1.82) is 0 Å². The summed E-state index contributed by atoms with van der Waals surface area (Å²) < 4.78 is 5.18. The quantitative estimate of drug-likeness (QED) is 0.739. The first-order chi connectivity index (χ1) is 9.15. The van der Waals surface area contributed by atoms with E-state index >= 15 is 0 Å². The number of benzene rings is 1. The molecule has 2 heterocycles.